The van der Waals surface area contributed by atoms with Crippen molar-refractivity contribution in [3.05, 3.63) is 29.6 Å². The van der Waals surface area contributed by atoms with E-state index in [9.17, 15) is 4.39 Å². The van der Waals surface area contributed by atoms with Gasteiger partial charge in [0.15, 0.2) is 0 Å². The summed E-state index contributed by atoms with van der Waals surface area (Å²) in [5.41, 5.74) is 6.27. The van der Waals surface area contributed by atoms with Gasteiger partial charge in [0.25, 0.3) is 0 Å². The van der Waals surface area contributed by atoms with E-state index < -0.39 is 5.82 Å². The Kier molecular flexibility index (Phi) is 3.31. The summed E-state index contributed by atoms with van der Waals surface area (Å²) in [6.07, 6.45) is 0.908. The molecule has 0 radical (unpaired) electrons. The van der Waals surface area contributed by atoms with Crippen molar-refractivity contribution in [1.29, 1.82) is 0 Å². The molecule has 1 atom stereocenters. The lowest BCUT2D eigenvalue weighted by atomic mass is 10.0. The van der Waals surface area contributed by atoms with Crippen LogP contribution in [0.4, 0.5) is 10.1 Å². The summed E-state index contributed by atoms with van der Waals surface area (Å²) in [6, 6.07) is 4.79. The number of nitrogens with two attached hydrogens (primary N) is 1. The Hall–Kier alpha value is -1.20. The van der Waals surface area contributed by atoms with Crippen LogP contribution < -0.4 is 11.1 Å². The Bertz CT molecular complexity index is 444. The summed E-state index contributed by atoms with van der Waals surface area (Å²) < 4.78 is 19.0. The largest absolute Gasteiger partial charge is 0.389 e. The first-order valence-electron chi connectivity index (χ1n) is 5.45. The molecule has 5 heteroatoms. The predicted molar refractivity (Wildman–Crippen MR) is 69.8 cm³/mol. The average molecular weight is 254 g/mol. The highest BCUT2D eigenvalue weighted by Gasteiger charge is 2.29. The van der Waals surface area contributed by atoms with Crippen molar-refractivity contribution in [2.45, 2.75) is 18.9 Å². The Morgan fingerprint density at radius 2 is 2.35 bits per heavy atom. The molecular weight excluding hydrogens is 239 g/mol. The third-order valence-electron chi connectivity index (χ3n) is 2.90. The molecule has 0 aromatic heterocycles. The van der Waals surface area contributed by atoms with E-state index in [2.05, 4.69) is 12.2 Å². The van der Waals surface area contributed by atoms with Gasteiger partial charge in [-0.3, -0.25) is 0 Å². The van der Waals surface area contributed by atoms with Gasteiger partial charge in [0.1, 0.15) is 10.8 Å². The van der Waals surface area contributed by atoms with Crippen molar-refractivity contribution in [2.75, 3.05) is 18.5 Å². The minimum atomic E-state index is -0.398. The zero-order valence-electron chi connectivity index (χ0n) is 9.63. The lowest BCUT2D eigenvalue weighted by Crippen LogP contribution is -2.35. The maximum absolute atomic E-state index is 13.7. The fourth-order valence-corrected chi connectivity index (χ4v) is 2.07. The first kappa shape index (κ1) is 12.3. The van der Waals surface area contributed by atoms with Crippen LogP contribution in [0.2, 0.25) is 0 Å². The van der Waals surface area contributed by atoms with Crippen LogP contribution in [0.3, 0.4) is 0 Å². The predicted octanol–water partition coefficient (Wildman–Crippen LogP) is 2.05. The number of thiocarbonyl (C=S) groups is 1. The second kappa shape index (κ2) is 4.58. The third kappa shape index (κ3) is 2.73. The smallest absolute Gasteiger partial charge is 0.135 e. The molecule has 1 fully saturated rings. The van der Waals surface area contributed by atoms with Crippen LogP contribution in [-0.2, 0) is 4.74 Å². The summed E-state index contributed by atoms with van der Waals surface area (Å²) in [5.74, 6) is -0.398. The number of benzene rings is 1. The Morgan fingerprint density at radius 3 is 2.88 bits per heavy atom. The van der Waals surface area contributed by atoms with Crippen molar-refractivity contribution in [3.63, 3.8) is 0 Å². The second-order valence-electron chi connectivity index (χ2n) is 4.55. The van der Waals surface area contributed by atoms with Crippen molar-refractivity contribution >= 4 is 22.9 Å². The lowest BCUT2D eigenvalue weighted by Gasteiger charge is -2.25. The zero-order chi connectivity index (χ0) is 12.5. The number of nitrogens with one attached hydrogen (secondary N) is 1. The first-order chi connectivity index (χ1) is 8.00. The molecule has 0 aliphatic carbocycles. The lowest BCUT2D eigenvalue weighted by molar-refractivity contribution is 0.185. The summed E-state index contributed by atoms with van der Waals surface area (Å²) in [6.45, 7) is 3.42. The van der Waals surface area contributed by atoms with Crippen LogP contribution >= 0.6 is 12.2 Å². The fraction of sp³-hybridized carbons (Fsp3) is 0.417. The number of hydrogen-bond acceptors (Lipinski definition) is 3. The van der Waals surface area contributed by atoms with Gasteiger partial charge in [-0.25, -0.2) is 4.39 Å². The molecule has 3 N–H and O–H groups in total. The van der Waals surface area contributed by atoms with E-state index in [0.29, 0.717) is 6.61 Å². The zero-order valence-corrected chi connectivity index (χ0v) is 10.4. The van der Waals surface area contributed by atoms with Crippen molar-refractivity contribution in [3.8, 4) is 0 Å². The Balaban J connectivity index is 2.17. The van der Waals surface area contributed by atoms with E-state index >= 15 is 0 Å². The molecule has 1 saturated heterocycles. The van der Waals surface area contributed by atoms with Crippen molar-refractivity contribution in [1.82, 2.24) is 0 Å². The Morgan fingerprint density at radius 1 is 1.59 bits per heavy atom. The van der Waals surface area contributed by atoms with Gasteiger partial charge < -0.3 is 15.8 Å². The number of hydrogen-bond donors (Lipinski definition) is 2. The maximum Gasteiger partial charge on any atom is 0.135 e. The minimum Gasteiger partial charge on any atom is -0.389 e. The number of ether oxygens (including phenoxy) is 1. The maximum atomic E-state index is 13.7. The highest BCUT2D eigenvalue weighted by Crippen LogP contribution is 2.24. The van der Waals surface area contributed by atoms with Gasteiger partial charge in [-0.15, -0.1) is 0 Å². The van der Waals surface area contributed by atoms with Crippen LogP contribution in [0.25, 0.3) is 0 Å². The summed E-state index contributed by atoms with van der Waals surface area (Å²) in [5, 5.41) is 3.28. The minimum absolute atomic E-state index is 0.0736. The highest BCUT2D eigenvalue weighted by molar-refractivity contribution is 7.80. The quantitative estimate of drug-likeness (QED) is 0.810. The molecule has 0 spiro atoms. The molecule has 0 saturated carbocycles. The van der Waals surface area contributed by atoms with Gasteiger partial charge >= 0.3 is 0 Å². The van der Waals surface area contributed by atoms with E-state index in [-0.39, 0.29) is 16.1 Å². The topological polar surface area (TPSA) is 47.3 Å². The molecular formula is C12H15FN2OS. The summed E-state index contributed by atoms with van der Waals surface area (Å²) in [7, 11) is 0. The normalized spacial score (nSPS) is 23.6. The first-order valence-corrected chi connectivity index (χ1v) is 5.86. The van der Waals surface area contributed by atoms with Crippen LogP contribution in [0, 0.1) is 5.82 Å². The van der Waals surface area contributed by atoms with Gasteiger partial charge in [0, 0.05) is 17.9 Å². The third-order valence-corrected chi connectivity index (χ3v) is 3.12. The van der Waals surface area contributed by atoms with Gasteiger partial charge in [0.2, 0.25) is 0 Å². The molecule has 3 nitrogen and oxygen atoms in total. The van der Waals surface area contributed by atoms with Crippen LogP contribution in [-0.4, -0.2) is 23.7 Å². The van der Waals surface area contributed by atoms with Gasteiger partial charge in [-0.1, -0.05) is 12.2 Å². The van der Waals surface area contributed by atoms with Crippen molar-refractivity contribution < 1.29 is 9.13 Å². The molecule has 92 valence electrons. The van der Waals surface area contributed by atoms with Crippen LogP contribution in [0.1, 0.15) is 18.9 Å². The van der Waals surface area contributed by atoms with E-state index in [1.807, 2.05) is 0 Å². The fourth-order valence-electron chi connectivity index (χ4n) is 1.91. The number of halogens is 1. The number of anilines is 1. The SMILES string of the molecule is CC1(Nc2ccc(C(N)=S)c(F)c2)CCOC1. The van der Waals surface area contributed by atoms with E-state index in [1.54, 1.807) is 12.1 Å². The van der Waals surface area contributed by atoms with Crippen molar-refractivity contribution in [2.24, 2.45) is 5.73 Å². The van der Waals surface area contributed by atoms with Gasteiger partial charge in [-0.2, -0.15) is 0 Å². The molecule has 1 heterocycles. The Labute approximate surface area is 105 Å². The highest BCUT2D eigenvalue weighted by atomic mass is 32.1. The molecule has 0 amide bonds. The van der Waals surface area contributed by atoms with Crippen LogP contribution in [0.15, 0.2) is 18.2 Å². The standard InChI is InChI=1S/C12H15FN2OS/c1-12(4-5-16-7-12)15-8-2-3-9(11(14)17)10(13)6-8/h2-3,6,15H,4-5,7H2,1H3,(H2,14,17). The summed E-state index contributed by atoms with van der Waals surface area (Å²) >= 11 is 4.76. The molecule has 1 aromatic carbocycles. The monoisotopic (exact) mass is 254 g/mol. The number of rotatable bonds is 3. The van der Waals surface area contributed by atoms with E-state index in [1.165, 1.54) is 6.07 Å². The molecule has 1 aromatic rings. The summed E-state index contributed by atoms with van der Waals surface area (Å²) in [4.78, 5) is 0.0736. The molecule has 2 rings (SSSR count). The van der Waals surface area contributed by atoms with Gasteiger partial charge in [0.05, 0.1) is 12.1 Å². The molecule has 17 heavy (non-hydrogen) atoms. The van der Waals surface area contributed by atoms with E-state index in [0.717, 1.165) is 18.7 Å². The second-order valence-corrected chi connectivity index (χ2v) is 4.99. The molecule has 0 bridgehead atoms. The molecule has 1 aliphatic heterocycles. The van der Waals surface area contributed by atoms with Crippen LogP contribution in [0.5, 0.6) is 0 Å². The van der Waals surface area contributed by atoms with E-state index in [4.69, 9.17) is 22.7 Å². The molecule has 1 unspecified atom stereocenters. The van der Waals surface area contributed by atoms with Gasteiger partial charge in [-0.05, 0) is 31.5 Å². The molecule has 1 aliphatic rings. The average Bonchev–Trinajstić information content (AvgIpc) is 2.64.